The molecule has 2 aromatic carbocycles. The Balaban J connectivity index is 1.26. The highest BCUT2D eigenvalue weighted by Gasteiger charge is 2.37. The first-order chi connectivity index (χ1) is 19.0. The zero-order valence-electron chi connectivity index (χ0n) is 22.1. The van der Waals surface area contributed by atoms with Gasteiger partial charge in [-0.25, -0.2) is 9.59 Å². The van der Waals surface area contributed by atoms with Crippen molar-refractivity contribution in [3.8, 4) is 0 Å². The van der Waals surface area contributed by atoms with Gasteiger partial charge in [-0.2, -0.15) is 0 Å². The molecular formula is C30H36N4O5. The number of nitrogens with zero attached hydrogens (tertiary/aromatic N) is 2. The summed E-state index contributed by atoms with van der Waals surface area (Å²) in [6, 6.07) is 18.8. The summed E-state index contributed by atoms with van der Waals surface area (Å²) in [5.74, 6) is -0.116. The molecule has 9 heteroatoms. The van der Waals surface area contributed by atoms with Crippen molar-refractivity contribution in [1.82, 2.24) is 20.4 Å². The number of carboxylic acid groups (broad SMARTS) is 1. The Hall–Kier alpha value is -3.85. The van der Waals surface area contributed by atoms with Crippen LogP contribution in [-0.4, -0.2) is 84.4 Å². The van der Waals surface area contributed by atoms with Gasteiger partial charge >= 0.3 is 12.1 Å². The van der Waals surface area contributed by atoms with E-state index in [2.05, 4.69) is 59.2 Å². The quantitative estimate of drug-likeness (QED) is 0.494. The largest absolute Gasteiger partial charge is 0.465 e. The SMILES string of the molecule is O=C(O)NCCCc1ccc(C(=C2CCN(C(=O)N3CC[C@@H]4OCC(=O)N[C@@H]4C3)CC2)c2ccccc2)cc1. The van der Waals surface area contributed by atoms with Crippen LogP contribution >= 0.6 is 0 Å². The Bertz CT molecular complexity index is 1200. The maximum Gasteiger partial charge on any atom is 0.404 e. The maximum atomic E-state index is 13.4. The van der Waals surface area contributed by atoms with Crippen LogP contribution in [0.4, 0.5) is 9.59 Å². The Morgan fingerprint density at radius 2 is 1.69 bits per heavy atom. The van der Waals surface area contributed by atoms with Gasteiger partial charge in [0.05, 0.1) is 12.1 Å². The van der Waals surface area contributed by atoms with Gasteiger partial charge in [-0.1, -0.05) is 60.2 Å². The number of ether oxygens (including phenoxy) is 1. The Morgan fingerprint density at radius 3 is 2.41 bits per heavy atom. The minimum atomic E-state index is -0.992. The van der Waals surface area contributed by atoms with E-state index in [1.807, 2.05) is 15.9 Å². The number of aryl methyl sites for hydroxylation is 1. The lowest BCUT2D eigenvalue weighted by Crippen LogP contribution is -2.62. The number of piperidine rings is 2. The van der Waals surface area contributed by atoms with E-state index < -0.39 is 6.09 Å². The molecule has 0 radical (unpaired) electrons. The van der Waals surface area contributed by atoms with Gasteiger partial charge in [0.25, 0.3) is 0 Å². The molecule has 0 bridgehead atoms. The van der Waals surface area contributed by atoms with E-state index >= 15 is 0 Å². The first-order valence-electron chi connectivity index (χ1n) is 13.8. The molecule has 0 unspecified atom stereocenters. The van der Waals surface area contributed by atoms with Gasteiger partial charge in [-0.15, -0.1) is 0 Å². The number of hydrogen-bond donors (Lipinski definition) is 3. The second kappa shape index (κ2) is 12.3. The number of fused-ring (bicyclic) bond motifs is 1. The zero-order valence-corrected chi connectivity index (χ0v) is 22.1. The van der Waals surface area contributed by atoms with E-state index in [0.29, 0.717) is 32.7 Å². The third-order valence-electron chi connectivity index (χ3n) is 7.81. The molecule has 3 aliphatic rings. The van der Waals surface area contributed by atoms with Crippen LogP contribution in [0.5, 0.6) is 0 Å². The molecule has 3 heterocycles. The highest BCUT2D eigenvalue weighted by Crippen LogP contribution is 2.33. The third kappa shape index (κ3) is 6.60. The van der Waals surface area contributed by atoms with Gasteiger partial charge in [0.1, 0.15) is 6.61 Å². The highest BCUT2D eigenvalue weighted by atomic mass is 16.5. The summed E-state index contributed by atoms with van der Waals surface area (Å²) in [5, 5.41) is 14.1. The van der Waals surface area contributed by atoms with E-state index in [1.165, 1.54) is 22.3 Å². The molecule has 0 spiro atoms. The number of carbonyl (C=O) groups excluding carboxylic acids is 2. The molecule has 5 rings (SSSR count). The summed E-state index contributed by atoms with van der Waals surface area (Å²) in [6.45, 7) is 2.99. The summed E-state index contributed by atoms with van der Waals surface area (Å²) < 4.78 is 5.64. The molecule has 4 amide bonds. The number of amides is 4. The molecule has 2 aromatic rings. The maximum absolute atomic E-state index is 13.4. The van der Waals surface area contributed by atoms with Crippen LogP contribution in [-0.2, 0) is 16.0 Å². The fraction of sp³-hybridized carbons (Fsp3) is 0.433. The van der Waals surface area contributed by atoms with Crippen LogP contribution in [0.15, 0.2) is 60.2 Å². The van der Waals surface area contributed by atoms with Crippen LogP contribution < -0.4 is 10.6 Å². The summed E-state index contributed by atoms with van der Waals surface area (Å²) in [7, 11) is 0. The summed E-state index contributed by atoms with van der Waals surface area (Å²) in [4.78, 5) is 39.6. The monoisotopic (exact) mass is 532 g/mol. The van der Waals surface area contributed by atoms with Gasteiger partial charge in [-0.3, -0.25) is 4.79 Å². The lowest BCUT2D eigenvalue weighted by atomic mass is 9.88. The van der Waals surface area contributed by atoms with Crippen molar-refractivity contribution in [2.24, 2.45) is 0 Å². The van der Waals surface area contributed by atoms with E-state index in [9.17, 15) is 14.4 Å². The molecule has 3 N–H and O–H groups in total. The lowest BCUT2D eigenvalue weighted by molar-refractivity contribution is -0.139. The highest BCUT2D eigenvalue weighted by molar-refractivity contribution is 5.83. The topological polar surface area (TPSA) is 111 Å². The zero-order chi connectivity index (χ0) is 27.2. The standard InChI is InChI=1S/C30H36N4O5/c35-27-20-39-26-14-18-34(19-25(26)32-27)30(38)33-16-12-24(13-17-33)28(22-6-2-1-3-7-22)23-10-8-21(9-11-23)5-4-15-31-29(36)37/h1-3,6-11,25-26,31H,4-5,12-20H2,(H,32,35)(H,36,37)/t25-,26+/m1/s1. The smallest absolute Gasteiger partial charge is 0.404 e. The number of benzene rings is 2. The number of morpholine rings is 1. The van der Waals surface area contributed by atoms with Crippen LogP contribution in [0.2, 0.25) is 0 Å². The van der Waals surface area contributed by atoms with Crippen molar-refractivity contribution in [2.75, 3.05) is 39.3 Å². The Labute approximate surface area is 228 Å². The van der Waals surface area contributed by atoms with Crippen LogP contribution in [0, 0.1) is 0 Å². The fourth-order valence-electron chi connectivity index (χ4n) is 5.80. The fourth-order valence-corrected chi connectivity index (χ4v) is 5.80. The number of carbonyl (C=O) groups is 3. The molecule has 0 aromatic heterocycles. The average molecular weight is 533 g/mol. The second-order valence-electron chi connectivity index (χ2n) is 10.4. The predicted molar refractivity (Wildman–Crippen MR) is 147 cm³/mol. The Morgan fingerprint density at radius 1 is 0.974 bits per heavy atom. The van der Waals surface area contributed by atoms with Gasteiger partial charge < -0.3 is 30.3 Å². The van der Waals surface area contributed by atoms with E-state index in [0.717, 1.165) is 37.7 Å². The van der Waals surface area contributed by atoms with Crippen LogP contribution in [0.25, 0.3) is 5.57 Å². The van der Waals surface area contributed by atoms with Crippen LogP contribution in [0.3, 0.4) is 0 Å². The molecule has 3 fully saturated rings. The minimum Gasteiger partial charge on any atom is -0.465 e. The minimum absolute atomic E-state index is 0.0103. The van der Waals surface area contributed by atoms with E-state index in [-0.39, 0.29) is 30.7 Å². The molecule has 0 saturated carbocycles. The van der Waals surface area contributed by atoms with Crippen molar-refractivity contribution in [2.45, 2.75) is 44.2 Å². The van der Waals surface area contributed by atoms with Crippen molar-refractivity contribution >= 4 is 23.6 Å². The molecule has 9 nitrogen and oxygen atoms in total. The summed E-state index contributed by atoms with van der Waals surface area (Å²) in [5.41, 5.74) is 6.06. The molecule has 3 saturated heterocycles. The number of nitrogens with one attached hydrogen (secondary N) is 2. The number of urea groups is 1. The summed E-state index contributed by atoms with van der Waals surface area (Å²) in [6.07, 6.45) is 2.90. The van der Waals surface area contributed by atoms with Crippen molar-refractivity contribution < 1.29 is 24.2 Å². The average Bonchev–Trinajstić information content (AvgIpc) is 2.96. The Kier molecular flexibility index (Phi) is 8.46. The number of likely N-dealkylation sites (tertiary alicyclic amines) is 2. The van der Waals surface area contributed by atoms with Crippen molar-refractivity contribution in [1.29, 1.82) is 0 Å². The van der Waals surface area contributed by atoms with Crippen molar-refractivity contribution in [3.05, 3.63) is 76.9 Å². The third-order valence-corrected chi connectivity index (χ3v) is 7.81. The molecule has 0 aliphatic carbocycles. The normalized spacial score (nSPS) is 21.1. The number of rotatable bonds is 6. The van der Waals surface area contributed by atoms with Gasteiger partial charge in [0.2, 0.25) is 5.91 Å². The van der Waals surface area contributed by atoms with Gasteiger partial charge in [-0.05, 0) is 54.4 Å². The predicted octanol–water partition coefficient (Wildman–Crippen LogP) is 3.49. The van der Waals surface area contributed by atoms with Crippen LogP contribution in [0.1, 0.15) is 42.4 Å². The molecule has 39 heavy (non-hydrogen) atoms. The molecule has 3 aliphatic heterocycles. The summed E-state index contributed by atoms with van der Waals surface area (Å²) >= 11 is 0. The molecule has 2 atom stereocenters. The lowest BCUT2D eigenvalue weighted by Gasteiger charge is -2.43. The first-order valence-corrected chi connectivity index (χ1v) is 13.8. The van der Waals surface area contributed by atoms with Gasteiger partial charge in [0.15, 0.2) is 0 Å². The van der Waals surface area contributed by atoms with E-state index in [1.54, 1.807) is 0 Å². The molecular weight excluding hydrogens is 496 g/mol. The van der Waals surface area contributed by atoms with Gasteiger partial charge in [0, 0.05) is 32.7 Å². The van der Waals surface area contributed by atoms with Crippen molar-refractivity contribution in [3.63, 3.8) is 0 Å². The first kappa shape index (κ1) is 26.7. The van der Waals surface area contributed by atoms with E-state index in [4.69, 9.17) is 9.84 Å². The molecule has 206 valence electrons. The second-order valence-corrected chi connectivity index (χ2v) is 10.4. The number of hydrogen-bond acceptors (Lipinski definition) is 4.